The Kier molecular flexibility index (Phi) is 8.37. The summed E-state index contributed by atoms with van der Waals surface area (Å²) in [5.41, 5.74) is 0.980. The van der Waals surface area contributed by atoms with Crippen molar-refractivity contribution in [2.75, 3.05) is 29.9 Å². The maximum Gasteiger partial charge on any atom is 0.255 e. The van der Waals surface area contributed by atoms with Crippen LogP contribution in [0.4, 0.5) is 5.82 Å². The zero-order valence-electron chi connectivity index (χ0n) is 17.6. The normalized spacial score (nSPS) is 12.6. The molecule has 0 radical (unpaired) electrons. The van der Waals surface area contributed by atoms with Gasteiger partial charge in [0.05, 0.1) is 14.5 Å². The predicted molar refractivity (Wildman–Crippen MR) is 136 cm³/mol. The Balaban J connectivity index is 2.05. The van der Waals surface area contributed by atoms with E-state index in [0.29, 0.717) is 32.4 Å². The number of rotatable bonds is 9. The van der Waals surface area contributed by atoms with Crippen LogP contribution >= 0.6 is 34.2 Å². The number of anilines is 1. The van der Waals surface area contributed by atoms with E-state index in [4.69, 9.17) is 16.0 Å². The molecule has 3 rings (SSSR count). The molecule has 9 nitrogen and oxygen atoms in total. The molecule has 0 aliphatic heterocycles. The van der Waals surface area contributed by atoms with Crippen molar-refractivity contribution in [2.45, 2.75) is 12.8 Å². The summed E-state index contributed by atoms with van der Waals surface area (Å²) in [6.07, 6.45) is 1.77. The molecule has 33 heavy (non-hydrogen) atoms. The smallest absolute Gasteiger partial charge is 0.255 e. The second-order valence-electron chi connectivity index (χ2n) is 7.19. The fraction of sp³-hybridized carbons (Fsp3) is 0.300. The summed E-state index contributed by atoms with van der Waals surface area (Å²) >= 11 is 5.27. The number of hydrogen-bond donors (Lipinski definition) is 1. The fourth-order valence-electron chi connectivity index (χ4n) is 3.19. The molecule has 13 heteroatoms. The van der Waals surface area contributed by atoms with Crippen LogP contribution in [0.5, 0.6) is 0 Å². The van der Waals surface area contributed by atoms with Crippen molar-refractivity contribution in [3.05, 3.63) is 44.5 Å². The first kappa shape index (κ1) is 25.9. The van der Waals surface area contributed by atoms with Gasteiger partial charge in [-0.15, -0.1) is 0 Å². The zero-order valence-corrected chi connectivity index (χ0v) is 22.2. The lowest BCUT2D eigenvalue weighted by Crippen LogP contribution is -2.28. The zero-order chi connectivity index (χ0) is 24.3. The third-order valence-corrected chi connectivity index (χ3v) is 7.51. The average Bonchev–Trinajstić information content (AvgIpc) is 3.10. The highest BCUT2D eigenvalue weighted by Crippen LogP contribution is 2.36. The topological polar surface area (TPSA) is 133 Å². The van der Waals surface area contributed by atoms with Crippen LogP contribution < -0.4 is 9.62 Å². The van der Waals surface area contributed by atoms with Crippen LogP contribution in [0.2, 0.25) is 5.02 Å². The van der Waals surface area contributed by atoms with Gasteiger partial charge in [0.1, 0.15) is 15.6 Å². The number of hydrogen-bond acceptors (Lipinski definition) is 7. The van der Waals surface area contributed by atoms with E-state index in [1.807, 2.05) is 22.6 Å². The lowest BCUT2D eigenvalue weighted by molar-refractivity contribution is 0.0964. The van der Waals surface area contributed by atoms with Gasteiger partial charge in [0.2, 0.25) is 5.71 Å². The highest BCUT2D eigenvalue weighted by molar-refractivity contribution is 14.1. The van der Waals surface area contributed by atoms with Gasteiger partial charge >= 0.3 is 0 Å². The monoisotopic (exact) mass is 624 g/mol. The number of carbonyl (C=O) groups is 1. The number of halogens is 2. The Morgan fingerprint density at radius 2 is 1.97 bits per heavy atom. The standard InChI is InChI=1S/C20H21ClIN3O6S2/c1-23-19(26)16-14-11-15(22)18(25(32(27)28)9-3-4-10-33(2,29)30)24-20(14)31-17(16)12-5-7-13(21)8-6-12/h5-8,11H,3-4,9-10H2,1-2H3,(H,23,26)(H,27,28)/p-1. The predicted octanol–water partition coefficient (Wildman–Crippen LogP) is 3.54. The summed E-state index contributed by atoms with van der Waals surface area (Å²) in [5, 5.41) is 3.54. The fourth-order valence-corrected chi connectivity index (χ4v) is 5.49. The van der Waals surface area contributed by atoms with Crippen molar-refractivity contribution >= 4 is 78.1 Å². The van der Waals surface area contributed by atoms with Crippen molar-refractivity contribution in [3.8, 4) is 11.3 Å². The van der Waals surface area contributed by atoms with Gasteiger partial charge in [0.25, 0.3) is 5.91 Å². The highest BCUT2D eigenvalue weighted by atomic mass is 127. The number of benzene rings is 1. The molecule has 178 valence electrons. The molecule has 0 saturated carbocycles. The molecule has 3 aromatic rings. The molecule has 0 spiro atoms. The largest absolute Gasteiger partial charge is 0.755 e. The van der Waals surface area contributed by atoms with E-state index in [9.17, 15) is 22.0 Å². The molecule has 1 aromatic carbocycles. The lowest BCUT2D eigenvalue weighted by atomic mass is 10.1. The van der Waals surface area contributed by atoms with Crippen molar-refractivity contribution in [1.29, 1.82) is 0 Å². The maximum atomic E-state index is 12.7. The third kappa shape index (κ3) is 6.23. The average molecular weight is 625 g/mol. The summed E-state index contributed by atoms with van der Waals surface area (Å²) in [6.45, 7) is 0.0488. The Morgan fingerprint density at radius 3 is 2.55 bits per heavy atom. The molecule has 2 aromatic heterocycles. The van der Waals surface area contributed by atoms with Crippen molar-refractivity contribution in [1.82, 2.24) is 10.3 Å². The van der Waals surface area contributed by atoms with Crippen LogP contribution in [-0.4, -0.2) is 53.7 Å². The minimum atomic E-state index is -3.14. The summed E-state index contributed by atoms with van der Waals surface area (Å²) < 4.78 is 53.9. The highest BCUT2D eigenvalue weighted by Gasteiger charge is 2.25. The molecule has 0 aliphatic rings. The molecule has 2 heterocycles. The quantitative estimate of drug-likeness (QED) is 0.219. The number of carbonyl (C=O) groups excluding carboxylic acids is 1. The van der Waals surface area contributed by atoms with E-state index in [1.165, 1.54) is 7.05 Å². The molecule has 1 atom stereocenters. The number of fused-ring (bicyclic) bond motifs is 1. The van der Waals surface area contributed by atoms with Crippen LogP contribution in [0, 0.1) is 3.57 Å². The first-order chi connectivity index (χ1) is 15.5. The van der Waals surface area contributed by atoms with Gasteiger partial charge in [-0.3, -0.25) is 13.3 Å². The van der Waals surface area contributed by atoms with Crippen molar-refractivity contribution < 1.29 is 26.4 Å². The van der Waals surface area contributed by atoms with E-state index in [1.54, 1.807) is 30.3 Å². The molecule has 1 N–H and O–H groups in total. The van der Waals surface area contributed by atoms with Crippen molar-refractivity contribution in [2.24, 2.45) is 0 Å². The van der Waals surface area contributed by atoms with E-state index in [-0.39, 0.29) is 41.1 Å². The second-order valence-corrected chi connectivity index (χ2v) is 11.9. The minimum Gasteiger partial charge on any atom is -0.755 e. The van der Waals surface area contributed by atoms with Gasteiger partial charge in [0.15, 0.2) is 5.82 Å². The van der Waals surface area contributed by atoms with Gasteiger partial charge < -0.3 is 14.3 Å². The number of furan rings is 1. The van der Waals surface area contributed by atoms with Gasteiger partial charge in [-0.1, -0.05) is 11.6 Å². The lowest BCUT2D eigenvalue weighted by Gasteiger charge is -2.26. The van der Waals surface area contributed by atoms with Crippen LogP contribution in [-0.2, 0) is 21.1 Å². The summed E-state index contributed by atoms with van der Waals surface area (Å²) in [7, 11) is -1.64. The Labute approximate surface area is 212 Å². The van der Waals surface area contributed by atoms with E-state index in [2.05, 4.69) is 10.3 Å². The molecular formula is C20H20ClIN3O6S2-. The number of sulfone groups is 1. The number of unbranched alkanes of at least 4 members (excludes halogenated alkanes) is 1. The van der Waals surface area contributed by atoms with E-state index < -0.39 is 21.1 Å². The van der Waals surface area contributed by atoms with Crippen LogP contribution in [0.25, 0.3) is 22.4 Å². The molecule has 0 aliphatic carbocycles. The Bertz CT molecular complexity index is 1310. The van der Waals surface area contributed by atoms with Crippen LogP contribution in [0.15, 0.2) is 34.7 Å². The second kappa shape index (κ2) is 10.7. The first-order valence-corrected chi connectivity index (χ1v) is 14.2. The maximum absolute atomic E-state index is 12.7. The van der Waals surface area contributed by atoms with E-state index >= 15 is 0 Å². The molecule has 0 saturated heterocycles. The third-order valence-electron chi connectivity index (χ3n) is 4.72. The minimum absolute atomic E-state index is 0.0337. The van der Waals surface area contributed by atoms with Crippen LogP contribution in [0.3, 0.4) is 0 Å². The number of aromatic nitrogens is 1. The molecule has 1 amide bonds. The Morgan fingerprint density at radius 1 is 1.30 bits per heavy atom. The molecule has 0 fully saturated rings. The Hall–Kier alpha value is -1.74. The van der Waals surface area contributed by atoms with Gasteiger partial charge in [-0.2, -0.15) is 4.98 Å². The molecule has 1 unspecified atom stereocenters. The summed E-state index contributed by atoms with van der Waals surface area (Å²) in [6, 6.07) is 8.39. The number of pyridine rings is 1. The molecule has 0 bridgehead atoms. The van der Waals surface area contributed by atoms with Gasteiger partial charge in [-0.05, 0) is 65.8 Å². The molecular weight excluding hydrogens is 605 g/mol. The van der Waals surface area contributed by atoms with Crippen LogP contribution in [0.1, 0.15) is 23.2 Å². The number of nitrogens with one attached hydrogen (secondary N) is 1. The van der Waals surface area contributed by atoms with Gasteiger partial charge in [-0.25, -0.2) is 8.42 Å². The SMILES string of the molecule is CNC(=O)c1c(-c2ccc(Cl)cc2)oc2nc(N(CCCCS(C)(=O)=O)S(=O)[O-])c(I)cc12. The van der Waals surface area contributed by atoms with E-state index in [0.717, 1.165) is 10.6 Å². The first-order valence-electron chi connectivity index (χ1n) is 9.67. The summed E-state index contributed by atoms with van der Waals surface area (Å²) in [4.78, 5) is 17.1. The number of amides is 1. The van der Waals surface area contributed by atoms with Crippen molar-refractivity contribution in [3.63, 3.8) is 0 Å². The summed E-state index contributed by atoms with van der Waals surface area (Å²) in [5.74, 6) is 0.00253. The van der Waals surface area contributed by atoms with Gasteiger partial charge in [0, 0.05) is 47.5 Å². The number of nitrogens with zero attached hydrogens (tertiary/aromatic N) is 2.